The molecule has 1 amide bonds. The van der Waals surface area contributed by atoms with Gasteiger partial charge in [0.15, 0.2) is 5.78 Å². The van der Waals surface area contributed by atoms with E-state index in [1.165, 1.54) is 11.3 Å². The first-order chi connectivity index (χ1) is 8.08. The predicted octanol–water partition coefficient (Wildman–Crippen LogP) is 2.48. The van der Waals surface area contributed by atoms with Crippen LogP contribution in [0.5, 0.6) is 0 Å². The molecule has 17 heavy (non-hydrogen) atoms. The summed E-state index contributed by atoms with van der Waals surface area (Å²) in [6, 6.07) is 3.61. The predicted molar refractivity (Wildman–Crippen MR) is 68.1 cm³/mol. The first-order valence-corrected chi connectivity index (χ1v) is 6.83. The van der Waals surface area contributed by atoms with Gasteiger partial charge < -0.3 is 5.32 Å². The standard InChI is InChI=1S/C13H17NO2S/c1-8-6-10(8)13(16)14-9(2)7-11(15)12-4-3-5-17-12/h3-5,8-10H,6-7H2,1-2H3,(H,14,16)/t8-,9+,10+/m0/s1. The number of carbonyl (C=O) groups excluding carboxylic acids is 2. The van der Waals surface area contributed by atoms with Gasteiger partial charge in [-0.2, -0.15) is 0 Å². The van der Waals surface area contributed by atoms with Crippen LogP contribution in [0.4, 0.5) is 0 Å². The molecule has 92 valence electrons. The van der Waals surface area contributed by atoms with Crippen LogP contribution in [0.15, 0.2) is 17.5 Å². The van der Waals surface area contributed by atoms with Crippen LogP contribution in [0.25, 0.3) is 0 Å². The van der Waals surface area contributed by atoms with E-state index in [-0.39, 0.29) is 23.7 Å². The molecule has 0 spiro atoms. The van der Waals surface area contributed by atoms with Crippen LogP contribution in [0, 0.1) is 11.8 Å². The van der Waals surface area contributed by atoms with Crippen molar-refractivity contribution in [2.24, 2.45) is 11.8 Å². The summed E-state index contributed by atoms with van der Waals surface area (Å²) in [5, 5.41) is 4.80. The Morgan fingerprint density at radius 3 is 2.82 bits per heavy atom. The highest BCUT2D eigenvalue weighted by molar-refractivity contribution is 7.12. The molecule has 0 radical (unpaired) electrons. The lowest BCUT2D eigenvalue weighted by molar-refractivity contribution is -0.123. The van der Waals surface area contributed by atoms with Gasteiger partial charge in [0.25, 0.3) is 0 Å². The van der Waals surface area contributed by atoms with Gasteiger partial charge in [-0.25, -0.2) is 0 Å². The van der Waals surface area contributed by atoms with E-state index >= 15 is 0 Å². The lowest BCUT2D eigenvalue weighted by atomic mass is 10.1. The third-order valence-electron chi connectivity index (χ3n) is 3.12. The van der Waals surface area contributed by atoms with E-state index in [9.17, 15) is 9.59 Å². The lowest BCUT2D eigenvalue weighted by Crippen LogP contribution is -2.35. The monoisotopic (exact) mass is 251 g/mol. The maximum Gasteiger partial charge on any atom is 0.223 e. The molecule has 3 nitrogen and oxygen atoms in total. The summed E-state index contributed by atoms with van der Waals surface area (Å²) in [5.41, 5.74) is 0. The quantitative estimate of drug-likeness (QED) is 0.817. The zero-order valence-corrected chi connectivity index (χ0v) is 10.9. The smallest absolute Gasteiger partial charge is 0.223 e. The molecule has 3 atom stereocenters. The highest BCUT2D eigenvalue weighted by atomic mass is 32.1. The van der Waals surface area contributed by atoms with Gasteiger partial charge in [0.2, 0.25) is 5.91 Å². The summed E-state index contributed by atoms with van der Waals surface area (Å²) in [6.07, 6.45) is 1.37. The summed E-state index contributed by atoms with van der Waals surface area (Å²) in [5.74, 6) is 0.894. The van der Waals surface area contributed by atoms with Crippen molar-refractivity contribution < 1.29 is 9.59 Å². The maximum absolute atomic E-state index is 11.8. The third kappa shape index (κ3) is 3.16. The zero-order chi connectivity index (χ0) is 12.4. The van der Waals surface area contributed by atoms with Gasteiger partial charge in [0.05, 0.1) is 4.88 Å². The molecule has 1 fully saturated rings. The summed E-state index contributed by atoms with van der Waals surface area (Å²) in [4.78, 5) is 24.3. The van der Waals surface area contributed by atoms with Gasteiger partial charge in [0, 0.05) is 18.4 Å². The van der Waals surface area contributed by atoms with Crippen LogP contribution in [0.2, 0.25) is 0 Å². The van der Waals surface area contributed by atoms with E-state index in [1.54, 1.807) is 0 Å². The van der Waals surface area contributed by atoms with Gasteiger partial charge in [-0.05, 0) is 30.7 Å². The van der Waals surface area contributed by atoms with Gasteiger partial charge in [0.1, 0.15) is 0 Å². The van der Waals surface area contributed by atoms with Crippen molar-refractivity contribution in [1.82, 2.24) is 5.32 Å². The minimum Gasteiger partial charge on any atom is -0.353 e. The molecule has 1 aliphatic carbocycles. The molecule has 0 aromatic carbocycles. The van der Waals surface area contributed by atoms with E-state index in [0.717, 1.165) is 11.3 Å². The molecule has 1 aromatic heterocycles. The Morgan fingerprint density at radius 2 is 2.29 bits per heavy atom. The molecule has 4 heteroatoms. The van der Waals surface area contributed by atoms with Crippen molar-refractivity contribution in [3.8, 4) is 0 Å². The maximum atomic E-state index is 11.8. The van der Waals surface area contributed by atoms with Crippen molar-refractivity contribution in [3.63, 3.8) is 0 Å². The first-order valence-electron chi connectivity index (χ1n) is 5.95. The molecule has 1 saturated carbocycles. The van der Waals surface area contributed by atoms with Crippen molar-refractivity contribution in [2.75, 3.05) is 0 Å². The summed E-state index contributed by atoms with van der Waals surface area (Å²) < 4.78 is 0. The second kappa shape index (κ2) is 5.00. The number of hydrogen-bond acceptors (Lipinski definition) is 3. The molecule has 0 unspecified atom stereocenters. The minimum absolute atomic E-state index is 0.0788. The molecule has 0 aliphatic heterocycles. The van der Waals surface area contributed by atoms with Crippen molar-refractivity contribution in [1.29, 1.82) is 0 Å². The average molecular weight is 251 g/mol. The molecular weight excluding hydrogens is 234 g/mol. The third-order valence-corrected chi connectivity index (χ3v) is 4.03. The Hall–Kier alpha value is -1.16. The average Bonchev–Trinajstić information content (AvgIpc) is 2.81. The number of rotatable bonds is 5. The topological polar surface area (TPSA) is 46.2 Å². The van der Waals surface area contributed by atoms with Gasteiger partial charge >= 0.3 is 0 Å². The summed E-state index contributed by atoms with van der Waals surface area (Å²) in [7, 11) is 0. The first kappa shape index (κ1) is 12.3. The second-order valence-corrected chi connectivity index (χ2v) is 5.78. The summed E-state index contributed by atoms with van der Waals surface area (Å²) in [6.45, 7) is 3.96. The van der Waals surface area contributed by atoms with Gasteiger partial charge in [-0.15, -0.1) is 11.3 Å². The van der Waals surface area contributed by atoms with Crippen LogP contribution in [-0.4, -0.2) is 17.7 Å². The van der Waals surface area contributed by atoms with Crippen molar-refractivity contribution >= 4 is 23.0 Å². The number of ketones is 1. The molecule has 1 aliphatic rings. The molecule has 1 aromatic rings. The van der Waals surface area contributed by atoms with Crippen LogP contribution in [0.3, 0.4) is 0 Å². The fraction of sp³-hybridized carbons (Fsp3) is 0.538. The Morgan fingerprint density at radius 1 is 1.59 bits per heavy atom. The van der Waals surface area contributed by atoms with Crippen LogP contribution < -0.4 is 5.32 Å². The Labute approximate surface area is 105 Å². The highest BCUT2D eigenvalue weighted by Crippen LogP contribution is 2.37. The molecule has 2 rings (SSSR count). The van der Waals surface area contributed by atoms with Crippen LogP contribution in [-0.2, 0) is 4.79 Å². The molecule has 0 bridgehead atoms. The van der Waals surface area contributed by atoms with Crippen LogP contribution in [0.1, 0.15) is 36.4 Å². The van der Waals surface area contributed by atoms with E-state index in [4.69, 9.17) is 0 Å². The van der Waals surface area contributed by atoms with Gasteiger partial charge in [-0.1, -0.05) is 13.0 Å². The second-order valence-electron chi connectivity index (χ2n) is 4.83. The number of carbonyl (C=O) groups is 2. The molecular formula is C13H17NO2S. The Kier molecular flexibility index (Phi) is 3.62. The van der Waals surface area contributed by atoms with Crippen molar-refractivity contribution in [3.05, 3.63) is 22.4 Å². The fourth-order valence-corrected chi connectivity index (χ4v) is 2.58. The number of nitrogens with one attached hydrogen (secondary N) is 1. The lowest BCUT2D eigenvalue weighted by Gasteiger charge is -2.12. The van der Waals surface area contributed by atoms with E-state index in [0.29, 0.717) is 12.3 Å². The fourth-order valence-electron chi connectivity index (χ4n) is 1.90. The van der Waals surface area contributed by atoms with E-state index in [2.05, 4.69) is 12.2 Å². The van der Waals surface area contributed by atoms with Crippen LogP contribution >= 0.6 is 11.3 Å². The SMILES string of the molecule is C[C@H](CC(=O)c1cccs1)NC(=O)[C@@H]1C[C@@H]1C. The number of thiophene rings is 1. The van der Waals surface area contributed by atoms with Crippen molar-refractivity contribution in [2.45, 2.75) is 32.7 Å². The summed E-state index contributed by atoms with van der Waals surface area (Å²) >= 11 is 1.45. The Balaban J connectivity index is 1.79. The van der Waals surface area contributed by atoms with Gasteiger partial charge in [-0.3, -0.25) is 9.59 Å². The minimum atomic E-state index is -0.0788. The highest BCUT2D eigenvalue weighted by Gasteiger charge is 2.39. The number of Topliss-reactive ketones (excluding diaryl/α,β-unsaturated/α-hetero) is 1. The zero-order valence-electron chi connectivity index (χ0n) is 10.1. The Bertz CT molecular complexity index is 413. The molecule has 0 saturated heterocycles. The molecule has 1 heterocycles. The largest absolute Gasteiger partial charge is 0.353 e. The number of amides is 1. The van der Waals surface area contributed by atoms with E-state index < -0.39 is 0 Å². The molecule has 1 N–H and O–H groups in total. The van der Waals surface area contributed by atoms with E-state index in [1.807, 2.05) is 24.4 Å². The number of hydrogen-bond donors (Lipinski definition) is 1. The normalized spacial score (nSPS) is 24.1.